The molecule has 0 radical (unpaired) electrons. The molecule has 2 N–H and O–H groups in total. The van der Waals surface area contributed by atoms with Crippen LogP contribution in [0.25, 0.3) is 0 Å². The number of oxime groups is 1. The van der Waals surface area contributed by atoms with Crippen LogP contribution >= 0.6 is 11.6 Å². The number of nitrogens with zero attached hydrogens (tertiary/aromatic N) is 2. The Kier molecular flexibility index (Phi) is 11.8. The lowest BCUT2D eigenvalue weighted by atomic mass is 9.84. The molecule has 274 valence electrons. The number of ether oxygens (including phenoxy) is 1. The van der Waals surface area contributed by atoms with Crippen LogP contribution in [-0.4, -0.2) is 82.4 Å². The van der Waals surface area contributed by atoms with E-state index in [9.17, 15) is 24.0 Å². The quantitative estimate of drug-likeness (QED) is 0.269. The summed E-state index contributed by atoms with van der Waals surface area (Å²) in [5.41, 5.74) is -0.289. The van der Waals surface area contributed by atoms with E-state index in [0.29, 0.717) is 30.0 Å². The molecule has 1 aliphatic carbocycles. The van der Waals surface area contributed by atoms with Crippen LogP contribution in [0.2, 0.25) is 5.02 Å². The Balaban J connectivity index is 1.38. The van der Waals surface area contributed by atoms with E-state index < -0.39 is 52.5 Å². The molecule has 50 heavy (non-hydrogen) atoms. The van der Waals surface area contributed by atoms with Gasteiger partial charge in [-0.15, -0.1) is 0 Å². The van der Waals surface area contributed by atoms with E-state index >= 15 is 0 Å². The van der Waals surface area contributed by atoms with Crippen LogP contribution in [0.5, 0.6) is 0 Å². The number of halogens is 1. The van der Waals surface area contributed by atoms with Gasteiger partial charge in [-0.2, -0.15) is 0 Å². The minimum absolute atomic E-state index is 0.0436. The van der Waals surface area contributed by atoms with Gasteiger partial charge in [0.25, 0.3) is 0 Å². The highest BCUT2D eigenvalue weighted by molar-refractivity contribution is 6.39. The summed E-state index contributed by atoms with van der Waals surface area (Å²) in [4.78, 5) is 75.9. The fourth-order valence-corrected chi connectivity index (χ4v) is 7.85. The summed E-state index contributed by atoms with van der Waals surface area (Å²) in [5, 5.41) is 10.8. The van der Waals surface area contributed by atoms with Gasteiger partial charge in [0, 0.05) is 36.3 Å². The van der Waals surface area contributed by atoms with Crippen molar-refractivity contribution in [2.24, 2.45) is 22.4 Å². The van der Waals surface area contributed by atoms with Gasteiger partial charge in [-0.1, -0.05) is 63.0 Å². The van der Waals surface area contributed by atoms with Gasteiger partial charge in [-0.05, 0) is 75.3 Å². The standard InChI is InChI=1S/C38H53ClN4O7/c1-7-9-28(33(46)31(44)16-24-12-13-24)40-35(47)30-20-38(19-29(42-50-38)26-10-8-11-27(39)18-26)21-43(30)36(48)34(37(4,5)6)41-32(45)17-25-14-22(2)49-23(3)15-25/h8,10-11,18,22-25,28,30,34H,7,9,12-17,19-21H2,1-6H3,(H,40,47)(H,41,45)/t22-,23-,28+,30+,34?,38-/m1/s1. The van der Waals surface area contributed by atoms with Gasteiger partial charge in [0.1, 0.15) is 12.1 Å². The van der Waals surface area contributed by atoms with Crippen molar-refractivity contribution < 1.29 is 33.5 Å². The molecule has 3 amide bonds. The molecule has 0 bridgehead atoms. The Labute approximate surface area is 300 Å². The van der Waals surface area contributed by atoms with E-state index in [1.54, 1.807) is 12.1 Å². The maximum Gasteiger partial charge on any atom is 0.246 e. The molecule has 3 heterocycles. The first-order chi connectivity index (χ1) is 23.6. The Hall–Kier alpha value is -3.31. The summed E-state index contributed by atoms with van der Waals surface area (Å²) in [6.45, 7) is 11.6. The predicted octanol–water partition coefficient (Wildman–Crippen LogP) is 5.15. The van der Waals surface area contributed by atoms with Crippen molar-refractivity contribution in [1.82, 2.24) is 15.5 Å². The van der Waals surface area contributed by atoms with Gasteiger partial charge < -0.3 is 25.1 Å². The van der Waals surface area contributed by atoms with Gasteiger partial charge >= 0.3 is 0 Å². The van der Waals surface area contributed by atoms with Crippen molar-refractivity contribution in [3.05, 3.63) is 34.9 Å². The van der Waals surface area contributed by atoms with E-state index in [-0.39, 0.29) is 55.8 Å². The molecule has 5 rings (SSSR count). The second-order valence-corrected chi connectivity index (χ2v) is 16.6. The van der Waals surface area contributed by atoms with Crippen molar-refractivity contribution in [2.45, 2.75) is 142 Å². The van der Waals surface area contributed by atoms with E-state index in [1.165, 1.54) is 4.90 Å². The predicted molar refractivity (Wildman–Crippen MR) is 189 cm³/mol. The van der Waals surface area contributed by atoms with Crippen LogP contribution in [0.15, 0.2) is 29.4 Å². The summed E-state index contributed by atoms with van der Waals surface area (Å²) in [7, 11) is 0. The van der Waals surface area contributed by atoms with Crippen molar-refractivity contribution in [1.29, 1.82) is 0 Å². The van der Waals surface area contributed by atoms with Crippen LogP contribution in [0, 0.1) is 17.3 Å². The number of nitrogens with one attached hydrogen (secondary N) is 2. The average molecular weight is 713 g/mol. The second-order valence-electron chi connectivity index (χ2n) is 16.1. The van der Waals surface area contributed by atoms with Gasteiger partial charge in [-0.3, -0.25) is 24.0 Å². The largest absolute Gasteiger partial charge is 0.387 e. The van der Waals surface area contributed by atoms with Gasteiger partial charge in [0.05, 0.1) is 30.5 Å². The van der Waals surface area contributed by atoms with Gasteiger partial charge in [-0.25, -0.2) is 0 Å². The zero-order valence-corrected chi connectivity index (χ0v) is 31.0. The molecule has 1 aromatic rings. The molecule has 0 aromatic heterocycles. The smallest absolute Gasteiger partial charge is 0.246 e. The number of benzene rings is 1. The Morgan fingerprint density at radius 1 is 1.04 bits per heavy atom. The highest BCUT2D eigenvalue weighted by Gasteiger charge is 2.55. The van der Waals surface area contributed by atoms with Crippen molar-refractivity contribution in [3.8, 4) is 0 Å². The maximum atomic E-state index is 14.6. The third kappa shape index (κ3) is 9.32. The minimum atomic E-state index is -1.03. The highest BCUT2D eigenvalue weighted by atomic mass is 35.5. The number of hydrogen-bond acceptors (Lipinski definition) is 8. The van der Waals surface area contributed by atoms with Crippen molar-refractivity contribution in [3.63, 3.8) is 0 Å². The van der Waals surface area contributed by atoms with E-state index in [0.717, 1.165) is 31.2 Å². The van der Waals surface area contributed by atoms with E-state index in [1.807, 2.05) is 53.7 Å². The topological polar surface area (TPSA) is 143 Å². The van der Waals surface area contributed by atoms with Crippen molar-refractivity contribution >= 4 is 46.6 Å². The highest BCUT2D eigenvalue weighted by Crippen LogP contribution is 2.40. The van der Waals surface area contributed by atoms with Gasteiger partial charge in [0.15, 0.2) is 5.60 Å². The first-order valence-corrected chi connectivity index (χ1v) is 18.6. The molecule has 2 saturated heterocycles. The monoisotopic (exact) mass is 712 g/mol. The fraction of sp³-hybridized carbons (Fsp3) is 0.684. The Bertz CT molecular complexity index is 1490. The maximum absolute atomic E-state index is 14.6. The number of carbonyl (C=O) groups is 5. The van der Waals surface area contributed by atoms with Crippen LogP contribution in [0.1, 0.15) is 111 Å². The van der Waals surface area contributed by atoms with Gasteiger partial charge in [0.2, 0.25) is 29.3 Å². The molecular weight excluding hydrogens is 660 g/mol. The number of hydrogen-bond donors (Lipinski definition) is 2. The minimum Gasteiger partial charge on any atom is -0.387 e. The number of Topliss-reactive ketones (excluding diaryl/α,β-unsaturated/α-hetero) is 2. The SMILES string of the molecule is CCC[C@H](NC(=O)[C@@H]1C[C@]2(CC(c3cccc(Cl)c3)=NO2)CN1C(=O)C(NC(=O)CC1C[C@@H](C)O[C@H](C)C1)C(C)(C)C)C(=O)C(=O)CC1CC1. The number of amides is 3. The lowest BCUT2D eigenvalue weighted by Crippen LogP contribution is -2.59. The summed E-state index contributed by atoms with van der Waals surface area (Å²) in [6, 6.07) is 4.28. The second kappa shape index (κ2) is 15.5. The van der Waals surface area contributed by atoms with E-state index in [2.05, 4.69) is 15.8 Å². The molecule has 1 aromatic carbocycles. The van der Waals surface area contributed by atoms with Crippen LogP contribution in [0.3, 0.4) is 0 Å². The van der Waals surface area contributed by atoms with Crippen LogP contribution < -0.4 is 10.6 Å². The average Bonchev–Trinajstić information content (AvgIpc) is 3.62. The molecular formula is C38H53ClN4O7. The summed E-state index contributed by atoms with van der Waals surface area (Å²) >= 11 is 6.26. The zero-order chi connectivity index (χ0) is 36.4. The summed E-state index contributed by atoms with van der Waals surface area (Å²) in [5.74, 6) is -1.89. The molecule has 6 atom stereocenters. The molecule has 4 aliphatic rings. The fourth-order valence-electron chi connectivity index (χ4n) is 7.66. The lowest BCUT2D eigenvalue weighted by molar-refractivity contribution is -0.145. The summed E-state index contributed by atoms with van der Waals surface area (Å²) < 4.78 is 5.85. The number of likely N-dealkylation sites (tertiary alicyclic amines) is 1. The molecule has 3 fully saturated rings. The number of rotatable bonds is 13. The van der Waals surface area contributed by atoms with Crippen LogP contribution in [-0.2, 0) is 33.5 Å². The molecule has 1 unspecified atom stereocenters. The normalized spacial score (nSPS) is 27.7. The first-order valence-electron chi connectivity index (χ1n) is 18.2. The molecule has 11 nitrogen and oxygen atoms in total. The van der Waals surface area contributed by atoms with Crippen LogP contribution in [0.4, 0.5) is 0 Å². The third-order valence-electron chi connectivity index (χ3n) is 10.3. The molecule has 3 aliphatic heterocycles. The number of ketones is 2. The lowest BCUT2D eigenvalue weighted by Gasteiger charge is -2.36. The Morgan fingerprint density at radius 2 is 1.74 bits per heavy atom. The number of carbonyl (C=O) groups excluding carboxylic acids is 5. The van der Waals surface area contributed by atoms with E-state index in [4.69, 9.17) is 21.2 Å². The Morgan fingerprint density at radius 3 is 2.36 bits per heavy atom. The summed E-state index contributed by atoms with van der Waals surface area (Å²) in [6.07, 6.45) is 5.27. The molecule has 1 saturated carbocycles. The van der Waals surface area contributed by atoms with Crippen molar-refractivity contribution in [2.75, 3.05) is 6.54 Å². The first kappa shape index (κ1) is 37.9. The molecule has 1 spiro atoms. The zero-order valence-electron chi connectivity index (χ0n) is 30.3. The molecule has 12 heteroatoms. The third-order valence-corrected chi connectivity index (χ3v) is 10.6.